The lowest BCUT2D eigenvalue weighted by Gasteiger charge is -2.32. The van der Waals surface area contributed by atoms with E-state index in [9.17, 15) is 0 Å². The largest absolute Gasteiger partial charge is 0.371 e. The van der Waals surface area contributed by atoms with E-state index in [-0.39, 0.29) is 6.10 Å². The van der Waals surface area contributed by atoms with E-state index in [4.69, 9.17) is 4.74 Å². The standard InChI is InChI=1S/C14H19NO/c1-2-7-13(14-10-15-8-9-16-14)12(6-1)11-4-3-5-11/h1-2,6-7,11,14-15H,3-5,8-10H2. The van der Waals surface area contributed by atoms with Gasteiger partial charge in [0, 0.05) is 13.1 Å². The van der Waals surface area contributed by atoms with E-state index in [1.165, 1.54) is 30.4 Å². The lowest BCUT2D eigenvalue weighted by Crippen LogP contribution is -2.34. The van der Waals surface area contributed by atoms with Crippen LogP contribution in [0.2, 0.25) is 0 Å². The lowest BCUT2D eigenvalue weighted by molar-refractivity contribution is 0.0267. The molecule has 16 heavy (non-hydrogen) atoms. The van der Waals surface area contributed by atoms with Gasteiger partial charge >= 0.3 is 0 Å². The van der Waals surface area contributed by atoms with E-state index in [0.717, 1.165) is 25.6 Å². The molecule has 86 valence electrons. The Hall–Kier alpha value is -0.860. The Morgan fingerprint density at radius 3 is 2.56 bits per heavy atom. The van der Waals surface area contributed by atoms with Crippen molar-refractivity contribution in [2.45, 2.75) is 31.3 Å². The van der Waals surface area contributed by atoms with Crippen LogP contribution < -0.4 is 5.32 Å². The molecule has 0 amide bonds. The molecular formula is C14H19NO. The monoisotopic (exact) mass is 217 g/mol. The average molecular weight is 217 g/mol. The van der Waals surface area contributed by atoms with Crippen molar-refractivity contribution >= 4 is 0 Å². The fourth-order valence-electron chi connectivity index (χ4n) is 2.66. The third-order valence-corrected chi connectivity index (χ3v) is 3.82. The van der Waals surface area contributed by atoms with Gasteiger partial charge in [-0.1, -0.05) is 30.7 Å². The zero-order chi connectivity index (χ0) is 10.8. The first kappa shape index (κ1) is 10.3. The molecule has 1 heterocycles. The summed E-state index contributed by atoms with van der Waals surface area (Å²) in [6.45, 7) is 2.79. The Morgan fingerprint density at radius 1 is 1.12 bits per heavy atom. The molecule has 1 aliphatic carbocycles. The Morgan fingerprint density at radius 2 is 1.94 bits per heavy atom. The molecule has 1 saturated carbocycles. The topological polar surface area (TPSA) is 21.3 Å². The van der Waals surface area contributed by atoms with Crippen molar-refractivity contribution in [1.82, 2.24) is 5.32 Å². The molecule has 2 nitrogen and oxygen atoms in total. The maximum absolute atomic E-state index is 5.86. The molecule has 0 spiro atoms. The maximum atomic E-state index is 5.86. The second kappa shape index (κ2) is 4.56. The van der Waals surface area contributed by atoms with Gasteiger partial charge in [0.1, 0.15) is 0 Å². The van der Waals surface area contributed by atoms with Gasteiger partial charge in [-0.3, -0.25) is 0 Å². The normalized spacial score (nSPS) is 26.4. The fourth-order valence-corrected chi connectivity index (χ4v) is 2.66. The van der Waals surface area contributed by atoms with E-state index < -0.39 is 0 Å². The van der Waals surface area contributed by atoms with Crippen molar-refractivity contribution in [2.24, 2.45) is 0 Å². The minimum atomic E-state index is 0.269. The molecule has 1 aliphatic heterocycles. The minimum absolute atomic E-state index is 0.269. The third kappa shape index (κ3) is 1.87. The van der Waals surface area contributed by atoms with Crippen molar-refractivity contribution in [3.8, 4) is 0 Å². The summed E-state index contributed by atoms with van der Waals surface area (Å²) in [5, 5.41) is 3.41. The van der Waals surface area contributed by atoms with Crippen LogP contribution in [0.15, 0.2) is 24.3 Å². The number of hydrogen-bond donors (Lipinski definition) is 1. The molecule has 3 rings (SSSR count). The molecule has 2 heteroatoms. The third-order valence-electron chi connectivity index (χ3n) is 3.82. The highest BCUT2D eigenvalue weighted by molar-refractivity contribution is 5.33. The smallest absolute Gasteiger partial charge is 0.0952 e. The van der Waals surface area contributed by atoms with E-state index in [1.54, 1.807) is 0 Å². The number of nitrogens with one attached hydrogen (secondary N) is 1. The molecule has 1 unspecified atom stereocenters. The molecule has 1 atom stereocenters. The van der Waals surface area contributed by atoms with Crippen molar-refractivity contribution in [1.29, 1.82) is 0 Å². The first-order valence-corrected chi connectivity index (χ1v) is 6.36. The summed E-state index contributed by atoms with van der Waals surface area (Å²) in [6.07, 6.45) is 4.38. The summed E-state index contributed by atoms with van der Waals surface area (Å²) in [7, 11) is 0. The summed E-state index contributed by atoms with van der Waals surface area (Å²) in [6, 6.07) is 8.82. The Balaban J connectivity index is 1.86. The van der Waals surface area contributed by atoms with E-state index >= 15 is 0 Å². The van der Waals surface area contributed by atoms with Gasteiger partial charge in [-0.2, -0.15) is 0 Å². The summed E-state index contributed by atoms with van der Waals surface area (Å²) in [5.74, 6) is 0.793. The predicted molar refractivity (Wildman–Crippen MR) is 64.6 cm³/mol. The van der Waals surface area contributed by atoms with Crippen LogP contribution in [0, 0.1) is 0 Å². The van der Waals surface area contributed by atoms with Gasteiger partial charge in [-0.25, -0.2) is 0 Å². The van der Waals surface area contributed by atoms with Crippen molar-refractivity contribution in [3.63, 3.8) is 0 Å². The molecular weight excluding hydrogens is 198 g/mol. The highest BCUT2D eigenvalue weighted by atomic mass is 16.5. The Bertz CT molecular complexity index is 354. The van der Waals surface area contributed by atoms with E-state index in [0.29, 0.717) is 0 Å². The van der Waals surface area contributed by atoms with Crippen LogP contribution in [0.25, 0.3) is 0 Å². The van der Waals surface area contributed by atoms with Gasteiger partial charge < -0.3 is 10.1 Å². The van der Waals surface area contributed by atoms with Gasteiger partial charge in [-0.05, 0) is 29.9 Å². The van der Waals surface area contributed by atoms with Crippen molar-refractivity contribution in [3.05, 3.63) is 35.4 Å². The number of ether oxygens (including phenoxy) is 1. The van der Waals surface area contributed by atoms with Gasteiger partial charge in [0.05, 0.1) is 12.7 Å². The zero-order valence-corrected chi connectivity index (χ0v) is 9.61. The Kier molecular flexibility index (Phi) is 2.94. The second-order valence-electron chi connectivity index (χ2n) is 4.82. The molecule has 1 saturated heterocycles. The summed E-state index contributed by atoms with van der Waals surface area (Å²) in [4.78, 5) is 0. The highest BCUT2D eigenvalue weighted by Gasteiger charge is 2.25. The first-order chi connectivity index (χ1) is 7.95. The highest BCUT2D eigenvalue weighted by Crippen LogP contribution is 2.40. The number of rotatable bonds is 2. The number of benzene rings is 1. The second-order valence-corrected chi connectivity index (χ2v) is 4.82. The van der Waals surface area contributed by atoms with Crippen LogP contribution in [0.4, 0.5) is 0 Å². The number of hydrogen-bond acceptors (Lipinski definition) is 2. The average Bonchev–Trinajstić information content (AvgIpc) is 2.29. The first-order valence-electron chi connectivity index (χ1n) is 6.36. The molecule has 0 aromatic heterocycles. The molecule has 1 aromatic carbocycles. The summed E-state index contributed by atoms with van der Waals surface area (Å²) < 4.78 is 5.86. The minimum Gasteiger partial charge on any atom is -0.371 e. The van der Waals surface area contributed by atoms with Crippen LogP contribution in [0.1, 0.15) is 42.4 Å². The fraction of sp³-hybridized carbons (Fsp3) is 0.571. The van der Waals surface area contributed by atoms with Gasteiger partial charge in [0.2, 0.25) is 0 Å². The molecule has 1 aromatic rings. The van der Waals surface area contributed by atoms with E-state index in [2.05, 4.69) is 29.6 Å². The Labute approximate surface area is 97.0 Å². The lowest BCUT2D eigenvalue weighted by atomic mass is 9.77. The van der Waals surface area contributed by atoms with E-state index in [1.807, 2.05) is 0 Å². The van der Waals surface area contributed by atoms with Gasteiger partial charge in [0.25, 0.3) is 0 Å². The summed E-state index contributed by atoms with van der Waals surface area (Å²) in [5.41, 5.74) is 2.95. The van der Waals surface area contributed by atoms with Crippen LogP contribution in [-0.2, 0) is 4.74 Å². The van der Waals surface area contributed by atoms with Crippen LogP contribution in [-0.4, -0.2) is 19.7 Å². The van der Waals surface area contributed by atoms with Crippen molar-refractivity contribution in [2.75, 3.05) is 19.7 Å². The molecule has 0 bridgehead atoms. The zero-order valence-electron chi connectivity index (χ0n) is 9.61. The van der Waals surface area contributed by atoms with Gasteiger partial charge in [-0.15, -0.1) is 0 Å². The van der Waals surface area contributed by atoms with Crippen molar-refractivity contribution < 1.29 is 4.74 Å². The summed E-state index contributed by atoms with van der Waals surface area (Å²) >= 11 is 0. The molecule has 1 N–H and O–H groups in total. The quantitative estimate of drug-likeness (QED) is 0.822. The predicted octanol–water partition coefficient (Wildman–Crippen LogP) is 2.62. The maximum Gasteiger partial charge on any atom is 0.0952 e. The van der Waals surface area contributed by atoms with Crippen LogP contribution in [0.5, 0.6) is 0 Å². The number of morpholine rings is 1. The van der Waals surface area contributed by atoms with Crippen LogP contribution >= 0.6 is 0 Å². The molecule has 0 radical (unpaired) electrons. The molecule has 2 fully saturated rings. The SMILES string of the molecule is c1ccc(C2CNCCO2)c(C2CCC2)c1. The van der Waals surface area contributed by atoms with Crippen LogP contribution in [0.3, 0.4) is 0 Å². The molecule has 2 aliphatic rings. The van der Waals surface area contributed by atoms with Gasteiger partial charge in [0.15, 0.2) is 0 Å².